The van der Waals surface area contributed by atoms with Crippen LogP contribution in [0.25, 0.3) is 0 Å². The van der Waals surface area contributed by atoms with E-state index >= 15 is 0 Å². The molecular formula is C67H114O6. The standard InChI is InChI=1S/C67H114O6/c1-4-7-10-13-16-19-22-25-28-31-33-36-39-42-45-48-51-54-57-60-66(69)72-63-64(62-71-65(68)59-56-53-50-47-44-41-38-35-30-27-24-21-18-15-12-9-6-3)73-67(70)61-58-55-52-49-46-43-40-37-34-32-29-26-23-20-17-14-11-8-5-2/h7,10,16,18-19,21,25,27-28,30,33,36,38,41-42,45,64H,4-6,8-9,11-15,17,20,22-24,26,29,31-32,34-35,37,39-40,43-44,46-63H2,1-3H3/b10-7-,19-16-,21-18-,28-25-,30-27-,36-33-,41-38-,45-42-/t64-/m1/s1. The van der Waals surface area contributed by atoms with Crippen molar-refractivity contribution in [2.45, 2.75) is 297 Å². The summed E-state index contributed by atoms with van der Waals surface area (Å²) in [5.41, 5.74) is 0. The normalized spacial score (nSPS) is 12.8. The molecule has 0 aromatic carbocycles. The Morgan fingerprint density at radius 2 is 0.534 bits per heavy atom. The van der Waals surface area contributed by atoms with Gasteiger partial charge < -0.3 is 14.2 Å². The molecular weight excluding hydrogens is 901 g/mol. The molecule has 0 radical (unpaired) electrons. The van der Waals surface area contributed by atoms with Crippen molar-refractivity contribution in [3.8, 4) is 0 Å². The molecule has 6 nitrogen and oxygen atoms in total. The van der Waals surface area contributed by atoms with Gasteiger partial charge in [-0.05, 0) is 103 Å². The highest BCUT2D eigenvalue weighted by Gasteiger charge is 2.19. The maximum Gasteiger partial charge on any atom is 0.306 e. The first-order chi connectivity index (χ1) is 36.0. The molecule has 0 aliphatic carbocycles. The molecule has 0 aromatic heterocycles. The highest BCUT2D eigenvalue weighted by molar-refractivity contribution is 5.71. The molecule has 0 aliphatic rings. The minimum atomic E-state index is -0.801. The number of esters is 3. The molecule has 0 aliphatic heterocycles. The van der Waals surface area contributed by atoms with E-state index in [1.54, 1.807) is 0 Å². The van der Waals surface area contributed by atoms with Crippen molar-refractivity contribution in [1.29, 1.82) is 0 Å². The monoisotopic (exact) mass is 1010 g/mol. The van der Waals surface area contributed by atoms with Gasteiger partial charge in [0, 0.05) is 19.3 Å². The Morgan fingerprint density at radius 3 is 0.877 bits per heavy atom. The molecule has 0 amide bonds. The van der Waals surface area contributed by atoms with Crippen LogP contribution in [0.4, 0.5) is 0 Å². The van der Waals surface area contributed by atoms with Crippen molar-refractivity contribution in [1.82, 2.24) is 0 Å². The van der Waals surface area contributed by atoms with Crippen LogP contribution in [0.15, 0.2) is 97.2 Å². The Bertz CT molecular complexity index is 1440. The Labute approximate surface area is 451 Å². The maximum atomic E-state index is 12.9. The molecule has 0 spiro atoms. The van der Waals surface area contributed by atoms with E-state index in [1.165, 1.54) is 128 Å². The lowest BCUT2D eigenvalue weighted by atomic mass is 10.0. The number of carbonyl (C=O) groups excluding carboxylic acids is 3. The fourth-order valence-corrected chi connectivity index (χ4v) is 8.48. The van der Waals surface area contributed by atoms with E-state index in [2.05, 4.69) is 118 Å². The number of unbranched alkanes of at least 4 members (excludes halogenated alkanes) is 28. The number of hydrogen-bond acceptors (Lipinski definition) is 6. The van der Waals surface area contributed by atoms with Crippen LogP contribution in [-0.2, 0) is 28.6 Å². The summed E-state index contributed by atoms with van der Waals surface area (Å²) < 4.78 is 16.9. The van der Waals surface area contributed by atoms with Crippen LogP contribution in [0.2, 0.25) is 0 Å². The van der Waals surface area contributed by atoms with Crippen molar-refractivity contribution in [2.75, 3.05) is 13.2 Å². The lowest BCUT2D eigenvalue weighted by Crippen LogP contribution is -2.30. The van der Waals surface area contributed by atoms with Gasteiger partial charge >= 0.3 is 17.9 Å². The molecule has 0 aromatic rings. The van der Waals surface area contributed by atoms with Crippen LogP contribution in [0.3, 0.4) is 0 Å². The summed E-state index contributed by atoms with van der Waals surface area (Å²) in [6.07, 6.45) is 81.1. The first-order valence-corrected chi connectivity index (χ1v) is 30.7. The molecule has 0 heterocycles. The zero-order chi connectivity index (χ0) is 52.9. The number of rotatable bonds is 55. The minimum Gasteiger partial charge on any atom is -0.462 e. The zero-order valence-electron chi connectivity index (χ0n) is 47.9. The fraction of sp³-hybridized carbons (Fsp3) is 0.716. The third kappa shape index (κ3) is 59.1. The summed E-state index contributed by atoms with van der Waals surface area (Å²) in [6.45, 7) is 6.48. The summed E-state index contributed by atoms with van der Waals surface area (Å²) in [6, 6.07) is 0. The van der Waals surface area contributed by atoms with Crippen LogP contribution in [0.1, 0.15) is 290 Å². The number of hydrogen-bond donors (Lipinski definition) is 0. The summed E-state index contributed by atoms with van der Waals surface area (Å²) >= 11 is 0. The van der Waals surface area contributed by atoms with Gasteiger partial charge in [0.15, 0.2) is 6.10 Å². The minimum absolute atomic E-state index is 0.0984. The highest BCUT2D eigenvalue weighted by atomic mass is 16.6. The molecule has 0 fully saturated rings. The Hall–Kier alpha value is -3.67. The van der Waals surface area contributed by atoms with Crippen molar-refractivity contribution >= 4 is 17.9 Å². The average Bonchev–Trinajstić information content (AvgIpc) is 3.39. The van der Waals surface area contributed by atoms with Crippen LogP contribution in [0.5, 0.6) is 0 Å². The smallest absolute Gasteiger partial charge is 0.306 e. The summed E-state index contributed by atoms with van der Waals surface area (Å²) in [5, 5.41) is 0. The summed E-state index contributed by atoms with van der Waals surface area (Å²) in [4.78, 5) is 38.3. The molecule has 1 atom stereocenters. The molecule has 0 saturated heterocycles. The molecule has 0 rings (SSSR count). The molecule has 6 heteroatoms. The third-order valence-corrected chi connectivity index (χ3v) is 13.1. The van der Waals surface area contributed by atoms with E-state index in [0.29, 0.717) is 19.3 Å². The summed E-state index contributed by atoms with van der Waals surface area (Å²) in [7, 11) is 0. The predicted octanol–water partition coefficient (Wildman–Crippen LogP) is 20.9. The van der Waals surface area contributed by atoms with Gasteiger partial charge in [-0.25, -0.2) is 0 Å². The number of carbonyl (C=O) groups is 3. The van der Waals surface area contributed by atoms with Gasteiger partial charge in [-0.2, -0.15) is 0 Å². The Balaban J connectivity index is 4.47. The number of allylic oxidation sites excluding steroid dienone is 16. The topological polar surface area (TPSA) is 78.9 Å². The third-order valence-electron chi connectivity index (χ3n) is 13.1. The fourth-order valence-electron chi connectivity index (χ4n) is 8.48. The van der Waals surface area contributed by atoms with Crippen LogP contribution >= 0.6 is 0 Å². The van der Waals surface area contributed by atoms with Gasteiger partial charge in [0.2, 0.25) is 0 Å². The van der Waals surface area contributed by atoms with Gasteiger partial charge in [-0.3, -0.25) is 14.4 Å². The van der Waals surface area contributed by atoms with Crippen molar-refractivity contribution in [3.63, 3.8) is 0 Å². The van der Waals surface area contributed by atoms with Crippen LogP contribution < -0.4 is 0 Å². The van der Waals surface area contributed by atoms with Crippen LogP contribution in [-0.4, -0.2) is 37.2 Å². The predicted molar refractivity (Wildman–Crippen MR) is 316 cm³/mol. The van der Waals surface area contributed by atoms with E-state index in [4.69, 9.17) is 14.2 Å². The maximum absolute atomic E-state index is 12.9. The highest BCUT2D eigenvalue weighted by Crippen LogP contribution is 2.16. The SMILES string of the molecule is CC/C=C\C/C=C\C/C=C\C/C=C\C/C=C\CCCCCC(=O)OC[C@@H](COC(=O)CCCCCC/C=C\C/C=C\C/C=C\CCCCC)OC(=O)CCCCCCCCCCCCCCCCCCCCC. The second-order valence-electron chi connectivity index (χ2n) is 20.2. The molecule has 0 saturated carbocycles. The average molecular weight is 1020 g/mol. The van der Waals surface area contributed by atoms with E-state index < -0.39 is 6.10 Å². The number of ether oxygens (including phenoxy) is 3. The molecule has 0 N–H and O–H groups in total. The molecule has 418 valence electrons. The first-order valence-electron chi connectivity index (χ1n) is 30.7. The van der Waals surface area contributed by atoms with Gasteiger partial charge in [0.05, 0.1) is 0 Å². The zero-order valence-corrected chi connectivity index (χ0v) is 47.9. The molecule has 0 bridgehead atoms. The molecule has 0 unspecified atom stereocenters. The van der Waals surface area contributed by atoms with Gasteiger partial charge in [-0.1, -0.05) is 266 Å². The van der Waals surface area contributed by atoms with E-state index in [0.717, 1.165) is 122 Å². The summed E-state index contributed by atoms with van der Waals surface area (Å²) in [5.74, 6) is -0.941. The van der Waals surface area contributed by atoms with Crippen LogP contribution in [0, 0.1) is 0 Å². The quantitative estimate of drug-likeness (QED) is 0.0261. The Morgan fingerprint density at radius 1 is 0.288 bits per heavy atom. The lowest BCUT2D eigenvalue weighted by Gasteiger charge is -2.18. The van der Waals surface area contributed by atoms with Gasteiger partial charge in [-0.15, -0.1) is 0 Å². The van der Waals surface area contributed by atoms with Crippen molar-refractivity contribution in [2.24, 2.45) is 0 Å². The first kappa shape index (κ1) is 69.3. The largest absolute Gasteiger partial charge is 0.462 e. The van der Waals surface area contributed by atoms with Crippen molar-refractivity contribution in [3.05, 3.63) is 97.2 Å². The van der Waals surface area contributed by atoms with Crippen molar-refractivity contribution < 1.29 is 28.6 Å². The second-order valence-corrected chi connectivity index (χ2v) is 20.2. The second kappa shape index (κ2) is 60.9. The van der Waals surface area contributed by atoms with Gasteiger partial charge in [0.25, 0.3) is 0 Å². The van der Waals surface area contributed by atoms with E-state index in [-0.39, 0.29) is 31.1 Å². The Kier molecular flexibility index (Phi) is 57.8. The lowest BCUT2D eigenvalue weighted by molar-refractivity contribution is -0.167. The van der Waals surface area contributed by atoms with Gasteiger partial charge in [0.1, 0.15) is 13.2 Å². The van der Waals surface area contributed by atoms with E-state index in [1.807, 2.05) is 0 Å². The molecule has 73 heavy (non-hydrogen) atoms. The van der Waals surface area contributed by atoms with E-state index in [9.17, 15) is 14.4 Å².